The van der Waals surface area contributed by atoms with E-state index in [1.165, 1.54) is 0 Å². The van der Waals surface area contributed by atoms with Crippen LogP contribution in [0.5, 0.6) is 5.75 Å². The summed E-state index contributed by atoms with van der Waals surface area (Å²) in [6.07, 6.45) is 0.721. The summed E-state index contributed by atoms with van der Waals surface area (Å²) >= 11 is 0. The van der Waals surface area contributed by atoms with Crippen LogP contribution in [0.25, 0.3) is 11.0 Å². The molecule has 0 unspecified atom stereocenters. The fraction of sp³-hybridized carbons (Fsp3) is 0.263. The van der Waals surface area contributed by atoms with Crippen LogP contribution in [0.3, 0.4) is 0 Å². The third kappa shape index (κ3) is 2.52. The predicted octanol–water partition coefficient (Wildman–Crippen LogP) is 2.65. The Morgan fingerprint density at radius 3 is 2.79 bits per heavy atom. The Labute approximate surface area is 140 Å². The van der Waals surface area contributed by atoms with Crippen molar-refractivity contribution < 1.29 is 9.53 Å². The van der Waals surface area contributed by atoms with E-state index in [0.29, 0.717) is 31.0 Å². The molecule has 0 atom stereocenters. The van der Waals surface area contributed by atoms with Gasteiger partial charge in [-0.3, -0.25) is 4.79 Å². The molecule has 5 heteroatoms. The first-order valence-corrected chi connectivity index (χ1v) is 8.15. The summed E-state index contributed by atoms with van der Waals surface area (Å²) < 4.78 is 7.79. The van der Waals surface area contributed by atoms with Gasteiger partial charge in [-0.2, -0.15) is 0 Å². The highest BCUT2D eigenvalue weighted by Crippen LogP contribution is 2.23. The number of hydrogen-bond donors (Lipinski definition) is 0. The molecule has 0 saturated heterocycles. The van der Waals surface area contributed by atoms with Gasteiger partial charge in [0.15, 0.2) is 0 Å². The lowest BCUT2D eigenvalue weighted by molar-refractivity contribution is 0.0756. The van der Waals surface area contributed by atoms with Crippen LogP contribution in [0.15, 0.2) is 48.5 Å². The minimum Gasteiger partial charge on any atom is -0.491 e. The molecule has 1 aromatic heterocycles. The topological polar surface area (TPSA) is 47.4 Å². The maximum absolute atomic E-state index is 12.7. The first-order chi connectivity index (χ1) is 11.7. The van der Waals surface area contributed by atoms with Gasteiger partial charge in [-0.25, -0.2) is 4.98 Å². The second-order valence-electron chi connectivity index (χ2n) is 5.96. The van der Waals surface area contributed by atoms with E-state index in [0.717, 1.165) is 23.3 Å². The number of rotatable bonds is 3. The van der Waals surface area contributed by atoms with E-state index in [1.807, 2.05) is 54.4 Å². The molecule has 122 valence electrons. The van der Waals surface area contributed by atoms with Crippen LogP contribution >= 0.6 is 0 Å². The van der Waals surface area contributed by atoms with E-state index in [2.05, 4.69) is 15.6 Å². The Morgan fingerprint density at radius 1 is 1.12 bits per heavy atom. The normalized spacial score (nSPS) is 14.4. The van der Waals surface area contributed by atoms with Gasteiger partial charge >= 0.3 is 0 Å². The average Bonchev–Trinajstić information content (AvgIpc) is 2.84. The number of fused-ring (bicyclic) bond motifs is 2. The molecule has 2 aromatic carbocycles. The number of aromatic nitrogens is 2. The zero-order valence-electron chi connectivity index (χ0n) is 13.6. The minimum atomic E-state index is 0.0295. The molecule has 0 radical (unpaired) electrons. The fourth-order valence-corrected chi connectivity index (χ4v) is 3.17. The largest absolute Gasteiger partial charge is 0.491 e. The summed E-state index contributed by atoms with van der Waals surface area (Å²) in [6.45, 7) is 1.75. The number of benzene rings is 2. The molecule has 24 heavy (non-hydrogen) atoms. The molecule has 0 aliphatic carbocycles. The number of carbonyl (C=O) groups is 1. The number of para-hydroxylation sites is 3. The Morgan fingerprint density at radius 2 is 1.92 bits per heavy atom. The van der Waals surface area contributed by atoms with Crippen LogP contribution in [0.2, 0.25) is 0 Å². The van der Waals surface area contributed by atoms with Crippen molar-refractivity contribution in [1.29, 1.82) is 0 Å². The van der Waals surface area contributed by atoms with Crippen molar-refractivity contribution in [3.05, 3.63) is 59.9 Å². The molecule has 1 amide bonds. The third-order valence-corrected chi connectivity index (χ3v) is 4.51. The van der Waals surface area contributed by atoms with Crippen molar-refractivity contribution in [3.8, 4) is 5.75 Å². The molecule has 0 bridgehead atoms. The van der Waals surface area contributed by atoms with E-state index in [-0.39, 0.29) is 5.91 Å². The Bertz CT molecular complexity index is 901. The second-order valence-corrected chi connectivity index (χ2v) is 5.96. The molecule has 1 aliphatic heterocycles. The van der Waals surface area contributed by atoms with Gasteiger partial charge in [-0.15, -0.1) is 0 Å². The third-order valence-electron chi connectivity index (χ3n) is 4.51. The zero-order valence-corrected chi connectivity index (χ0v) is 13.6. The first-order valence-electron chi connectivity index (χ1n) is 8.15. The molecule has 4 rings (SSSR count). The molecular formula is C19H19N3O2. The summed E-state index contributed by atoms with van der Waals surface area (Å²) in [5.41, 5.74) is 2.74. The van der Waals surface area contributed by atoms with E-state index < -0.39 is 0 Å². The monoisotopic (exact) mass is 321 g/mol. The lowest BCUT2D eigenvalue weighted by Crippen LogP contribution is -2.34. The standard InChI is InChI=1S/C19H19N3O2/c1-21-16-8-4-3-7-15(16)20-18(21)10-11-22-12-13-24-17-9-5-2-6-14(17)19(22)23/h2-9H,10-13H2,1H3. The molecule has 0 saturated carbocycles. The van der Waals surface area contributed by atoms with Crippen molar-refractivity contribution in [2.75, 3.05) is 19.7 Å². The van der Waals surface area contributed by atoms with Gasteiger partial charge < -0.3 is 14.2 Å². The maximum atomic E-state index is 12.7. The highest BCUT2D eigenvalue weighted by molar-refractivity contribution is 5.97. The van der Waals surface area contributed by atoms with Gasteiger partial charge in [0.05, 0.1) is 23.1 Å². The summed E-state index contributed by atoms with van der Waals surface area (Å²) in [4.78, 5) is 19.3. The van der Waals surface area contributed by atoms with Gasteiger partial charge in [-0.1, -0.05) is 24.3 Å². The smallest absolute Gasteiger partial charge is 0.257 e. The van der Waals surface area contributed by atoms with Crippen molar-refractivity contribution in [1.82, 2.24) is 14.5 Å². The first kappa shape index (κ1) is 14.8. The van der Waals surface area contributed by atoms with E-state index in [4.69, 9.17) is 4.74 Å². The Hall–Kier alpha value is -2.82. The SMILES string of the molecule is Cn1c(CCN2CCOc3ccccc3C2=O)nc2ccccc21. The molecule has 1 aliphatic rings. The van der Waals surface area contributed by atoms with Crippen LogP contribution < -0.4 is 4.74 Å². The Balaban J connectivity index is 1.55. The lowest BCUT2D eigenvalue weighted by Gasteiger charge is -2.19. The Kier molecular flexibility index (Phi) is 3.69. The van der Waals surface area contributed by atoms with E-state index in [1.54, 1.807) is 0 Å². The van der Waals surface area contributed by atoms with Crippen molar-refractivity contribution in [3.63, 3.8) is 0 Å². The number of nitrogens with zero attached hydrogens (tertiary/aromatic N) is 3. The molecule has 3 aromatic rings. The number of ether oxygens (including phenoxy) is 1. The number of hydrogen-bond acceptors (Lipinski definition) is 3. The van der Waals surface area contributed by atoms with Crippen molar-refractivity contribution in [2.45, 2.75) is 6.42 Å². The summed E-state index contributed by atoms with van der Waals surface area (Å²) in [5, 5.41) is 0. The summed E-state index contributed by atoms with van der Waals surface area (Å²) in [5.74, 6) is 1.69. The van der Waals surface area contributed by atoms with Crippen molar-refractivity contribution >= 4 is 16.9 Å². The summed E-state index contributed by atoms with van der Waals surface area (Å²) in [7, 11) is 2.02. The average molecular weight is 321 g/mol. The van der Waals surface area contributed by atoms with Crippen LogP contribution in [0, 0.1) is 0 Å². The number of amides is 1. The van der Waals surface area contributed by atoms with Crippen LogP contribution in [0.1, 0.15) is 16.2 Å². The zero-order chi connectivity index (χ0) is 16.5. The molecule has 2 heterocycles. The van der Waals surface area contributed by atoms with Crippen molar-refractivity contribution in [2.24, 2.45) is 7.05 Å². The van der Waals surface area contributed by atoms with Gasteiger partial charge in [-0.05, 0) is 24.3 Å². The highest BCUT2D eigenvalue weighted by Gasteiger charge is 2.23. The van der Waals surface area contributed by atoms with Gasteiger partial charge in [0.1, 0.15) is 18.2 Å². The quantitative estimate of drug-likeness (QED) is 0.745. The minimum absolute atomic E-state index is 0.0295. The summed E-state index contributed by atoms with van der Waals surface area (Å²) in [6, 6.07) is 15.5. The number of imidazole rings is 1. The second kappa shape index (κ2) is 6.00. The molecule has 0 fully saturated rings. The molecule has 0 spiro atoms. The van der Waals surface area contributed by atoms with Gasteiger partial charge in [0.25, 0.3) is 5.91 Å². The predicted molar refractivity (Wildman–Crippen MR) is 92.3 cm³/mol. The van der Waals surface area contributed by atoms with Gasteiger partial charge in [0, 0.05) is 20.0 Å². The molecule has 0 N–H and O–H groups in total. The highest BCUT2D eigenvalue weighted by atomic mass is 16.5. The molecular weight excluding hydrogens is 302 g/mol. The number of carbonyl (C=O) groups excluding carboxylic acids is 1. The van der Waals surface area contributed by atoms with Gasteiger partial charge in [0.2, 0.25) is 0 Å². The lowest BCUT2D eigenvalue weighted by atomic mass is 10.1. The van der Waals surface area contributed by atoms with E-state index >= 15 is 0 Å². The maximum Gasteiger partial charge on any atom is 0.257 e. The fourth-order valence-electron chi connectivity index (χ4n) is 3.17. The number of aryl methyl sites for hydroxylation is 1. The van der Waals surface area contributed by atoms with Crippen LogP contribution in [-0.2, 0) is 13.5 Å². The molecule has 5 nitrogen and oxygen atoms in total. The van der Waals surface area contributed by atoms with E-state index in [9.17, 15) is 4.79 Å². The van der Waals surface area contributed by atoms with Crippen LogP contribution in [-0.4, -0.2) is 40.1 Å². The van der Waals surface area contributed by atoms with Crippen LogP contribution in [0.4, 0.5) is 0 Å².